The molecule has 1 spiro atoms. The fourth-order valence-electron chi connectivity index (χ4n) is 3.11. The number of rotatable bonds is 2. The van der Waals surface area contributed by atoms with Gasteiger partial charge in [0.05, 0.1) is 6.61 Å². The van der Waals surface area contributed by atoms with Gasteiger partial charge in [0.15, 0.2) is 17.8 Å². The molecule has 24 heavy (non-hydrogen) atoms. The molecule has 0 saturated heterocycles. The van der Waals surface area contributed by atoms with E-state index < -0.39 is 17.6 Å². The summed E-state index contributed by atoms with van der Waals surface area (Å²) in [5.74, 6) is 0.266. The maximum absolute atomic E-state index is 14.5. The summed E-state index contributed by atoms with van der Waals surface area (Å²) in [6, 6.07) is 4.97. The van der Waals surface area contributed by atoms with E-state index in [9.17, 15) is 9.18 Å². The molecule has 1 aromatic heterocycles. The van der Waals surface area contributed by atoms with Crippen molar-refractivity contribution in [3.05, 3.63) is 47.2 Å². The number of fused-ring (bicyclic) bond motifs is 2. The van der Waals surface area contributed by atoms with Gasteiger partial charge in [0.1, 0.15) is 24.2 Å². The molecular weight excluding hydrogens is 315 g/mol. The zero-order valence-corrected chi connectivity index (χ0v) is 12.9. The zero-order chi connectivity index (χ0) is 16.9. The van der Waals surface area contributed by atoms with Gasteiger partial charge in [0.25, 0.3) is 5.91 Å². The normalized spacial score (nSPS) is 24.9. The molecule has 1 amide bonds. The number of nitrogens with one attached hydrogen (secondary N) is 1. The molecule has 0 radical (unpaired) electrons. The molecule has 2 aromatic rings. The molecule has 8 heteroatoms. The molecule has 4 rings (SSSR count). The predicted molar refractivity (Wildman–Crippen MR) is 83.6 cm³/mol. The predicted octanol–water partition coefficient (Wildman–Crippen LogP) is 1.84. The molecule has 1 aromatic carbocycles. The molecule has 1 aliphatic heterocycles. The Hall–Kier alpha value is -2.74. The Bertz CT molecular complexity index is 863. The summed E-state index contributed by atoms with van der Waals surface area (Å²) in [5.41, 5.74) is 6.50. The van der Waals surface area contributed by atoms with Crippen molar-refractivity contribution in [3.63, 3.8) is 0 Å². The van der Waals surface area contributed by atoms with Crippen molar-refractivity contribution < 1.29 is 18.3 Å². The molecule has 2 atom stereocenters. The van der Waals surface area contributed by atoms with Gasteiger partial charge in [-0.1, -0.05) is 6.07 Å². The van der Waals surface area contributed by atoms with Gasteiger partial charge in [-0.3, -0.25) is 9.79 Å². The number of carbonyl (C=O) groups excluding carboxylic acids is 1. The lowest BCUT2D eigenvalue weighted by Crippen LogP contribution is -2.49. The van der Waals surface area contributed by atoms with Crippen molar-refractivity contribution >= 4 is 17.4 Å². The first kappa shape index (κ1) is 14.8. The van der Waals surface area contributed by atoms with Crippen molar-refractivity contribution in [2.75, 3.05) is 18.5 Å². The van der Waals surface area contributed by atoms with Crippen molar-refractivity contribution in [2.24, 2.45) is 10.7 Å². The van der Waals surface area contributed by atoms with E-state index in [4.69, 9.17) is 14.9 Å². The van der Waals surface area contributed by atoms with Gasteiger partial charge in [-0.2, -0.15) is 0 Å². The van der Waals surface area contributed by atoms with Gasteiger partial charge < -0.3 is 20.2 Å². The number of aromatic nitrogens is 1. The molecule has 3 N–H and O–H groups in total. The second-order valence-corrected chi connectivity index (χ2v) is 5.89. The van der Waals surface area contributed by atoms with E-state index in [1.165, 1.54) is 6.26 Å². The number of benzene rings is 1. The van der Waals surface area contributed by atoms with Gasteiger partial charge in [0.2, 0.25) is 0 Å². The van der Waals surface area contributed by atoms with E-state index in [-0.39, 0.29) is 24.7 Å². The average Bonchev–Trinajstić information content (AvgIpc) is 3.01. The van der Waals surface area contributed by atoms with Crippen LogP contribution in [0.2, 0.25) is 0 Å². The smallest absolute Gasteiger partial charge is 0.277 e. The minimum Gasteiger partial charge on any atom is -0.448 e. The number of hydrogen-bond donors (Lipinski definition) is 2. The van der Waals surface area contributed by atoms with Crippen molar-refractivity contribution in [1.82, 2.24) is 4.98 Å². The van der Waals surface area contributed by atoms with Crippen molar-refractivity contribution in [2.45, 2.75) is 18.6 Å². The van der Waals surface area contributed by atoms with Crippen LogP contribution in [0.5, 0.6) is 0 Å². The number of ether oxygens (including phenoxy) is 1. The number of alkyl halides is 1. The first-order valence-electron chi connectivity index (χ1n) is 7.43. The zero-order valence-electron chi connectivity index (χ0n) is 12.9. The fourth-order valence-corrected chi connectivity index (χ4v) is 3.11. The largest absolute Gasteiger partial charge is 0.448 e. The van der Waals surface area contributed by atoms with Crippen LogP contribution >= 0.6 is 0 Å². The molecule has 2 unspecified atom stereocenters. The molecule has 0 fully saturated rings. The number of anilines is 1. The quantitative estimate of drug-likeness (QED) is 0.874. The average molecular weight is 330 g/mol. The maximum atomic E-state index is 14.5. The lowest BCUT2D eigenvalue weighted by atomic mass is 9.69. The summed E-state index contributed by atoms with van der Waals surface area (Å²) >= 11 is 0. The minimum absolute atomic E-state index is 0.127. The van der Waals surface area contributed by atoms with Crippen LogP contribution < -0.4 is 11.1 Å². The Morgan fingerprint density at radius 3 is 3.04 bits per heavy atom. The Morgan fingerprint density at radius 2 is 2.33 bits per heavy atom. The Labute approximate surface area is 136 Å². The highest BCUT2D eigenvalue weighted by molar-refractivity contribution is 6.02. The molecule has 2 heterocycles. The van der Waals surface area contributed by atoms with Crippen LogP contribution in [0.3, 0.4) is 0 Å². The van der Waals surface area contributed by atoms with Crippen LogP contribution in [-0.2, 0) is 10.3 Å². The van der Waals surface area contributed by atoms with Crippen molar-refractivity contribution in [1.29, 1.82) is 0 Å². The lowest BCUT2D eigenvalue weighted by Gasteiger charge is -2.45. The SMILES string of the molecule is Cc1nc(C(=O)Nc2ccc3c(c2)C2(COCC(N)=N2)C3F)co1. The number of halogens is 1. The van der Waals surface area contributed by atoms with Crippen molar-refractivity contribution in [3.8, 4) is 0 Å². The third-order valence-corrected chi connectivity index (χ3v) is 4.24. The van der Waals surface area contributed by atoms with E-state index in [0.717, 1.165) is 0 Å². The van der Waals surface area contributed by atoms with E-state index in [1.54, 1.807) is 25.1 Å². The molecule has 0 bridgehead atoms. The number of aliphatic imine (C=N–C) groups is 1. The van der Waals surface area contributed by atoms with E-state index in [0.29, 0.717) is 22.7 Å². The number of nitrogens with zero attached hydrogens (tertiary/aromatic N) is 2. The van der Waals surface area contributed by atoms with Gasteiger partial charge in [0, 0.05) is 12.6 Å². The van der Waals surface area contributed by atoms with Crippen LogP contribution in [0, 0.1) is 6.92 Å². The van der Waals surface area contributed by atoms with E-state index >= 15 is 0 Å². The molecule has 124 valence electrons. The Kier molecular flexibility index (Phi) is 3.17. The molecule has 0 saturated carbocycles. The molecule has 1 aliphatic carbocycles. The molecule has 7 nitrogen and oxygen atoms in total. The standard InChI is InChI=1S/C16H15FN4O3/c1-8-19-12(5-24-8)15(22)20-9-2-3-10-11(4-9)16(14(10)17)7-23-6-13(18)21-16/h2-5,14H,6-7H2,1H3,(H2,18,21)(H,20,22). The van der Waals surface area contributed by atoms with Gasteiger partial charge >= 0.3 is 0 Å². The van der Waals surface area contributed by atoms with Crippen LogP contribution in [0.1, 0.15) is 33.7 Å². The number of aryl methyl sites for hydroxylation is 1. The van der Waals surface area contributed by atoms with Gasteiger partial charge in [-0.25, -0.2) is 9.37 Å². The third-order valence-electron chi connectivity index (χ3n) is 4.24. The second kappa shape index (κ2) is 5.13. The highest BCUT2D eigenvalue weighted by atomic mass is 19.1. The Balaban J connectivity index is 1.63. The lowest BCUT2D eigenvalue weighted by molar-refractivity contribution is 0.0253. The number of amidine groups is 1. The molecular formula is C16H15FN4O3. The first-order chi connectivity index (χ1) is 11.5. The van der Waals surface area contributed by atoms with Gasteiger partial charge in [-0.15, -0.1) is 0 Å². The summed E-state index contributed by atoms with van der Waals surface area (Å²) in [6.45, 7) is 1.98. The van der Waals surface area contributed by atoms with Crippen LogP contribution in [0.4, 0.5) is 10.1 Å². The number of nitrogens with two attached hydrogens (primary N) is 1. The van der Waals surface area contributed by atoms with Crippen LogP contribution in [0.25, 0.3) is 0 Å². The highest BCUT2D eigenvalue weighted by Gasteiger charge is 2.54. The topological polar surface area (TPSA) is 103 Å². The van der Waals surface area contributed by atoms with E-state index in [1.807, 2.05) is 0 Å². The Morgan fingerprint density at radius 1 is 1.50 bits per heavy atom. The number of hydrogen-bond acceptors (Lipinski definition) is 6. The number of oxazole rings is 1. The number of amides is 1. The summed E-state index contributed by atoms with van der Waals surface area (Å²) < 4.78 is 24.9. The summed E-state index contributed by atoms with van der Waals surface area (Å²) in [7, 11) is 0. The van der Waals surface area contributed by atoms with Crippen LogP contribution in [-0.4, -0.2) is 29.9 Å². The monoisotopic (exact) mass is 330 g/mol. The molecule has 2 aliphatic rings. The maximum Gasteiger partial charge on any atom is 0.277 e. The fraction of sp³-hybridized carbons (Fsp3) is 0.312. The summed E-state index contributed by atoms with van der Waals surface area (Å²) in [6.07, 6.45) is 0.0134. The highest BCUT2D eigenvalue weighted by Crippen LogP contribution is 2.55. The summed E-state index contributed by atoms with van der Waals surface area (Å²) in [5, 5.41) is 2.72. The van der Waals surface area contributed by atoms with E-state index in [2.05, 4.69) is 15.3 Å². The van der Waals surface area contributed by atoms with Crippen LogP contribution in [0.15, 0.2) is 33.9 Å². The second-order valence-electron chi connectivity index (χ2n) is 5.89. The summed E-state index contributed by atoms with van der Waals surface area (Å²) in [4.78, 5) is 20.4. The third kappa shape index (κ3) is 2.10. The first-order valence-corrected chi connectivity index (χ1v) is 7.43. The number of carbonyl (C=O) groups is 1. The van der Waals surface area contributed by atoms with Gasteiger partial charge in [-0.05, 0) is 23.3 Å². The minimum atomic E-state index is -1.27.